The molecule has 4 aromatic rings. The molecule has 7 heteroatoms. The summed E-state index contributed by atoms with van der Waals surface area (Å²) in [5, 5.41) is 3.29. The summed E-state index contributed by atoms with van der Waals surface area (Å²) in [4.78, 5) is 13.7. The van der Waals surface area contributed by atoms with Crippen LogP contribution in [0.2, 0.25) is 0 Å². The molecule has 0 spiro atoms. The molecule has 0 saturated carbocycles. The summed E-state index contributed by atoms with van der Waals surface area (Å²) in [6.07, 6.45) is 1.69. The molecular weight excluding hydrogens is 345 g/mol. The molecule has 2 aromatic heterocycles. The third kappa shape index (κ3) is 3.08. The molecule has 4 rings (SSSR count). The van der Waals surface area contributed by atoms with Crippen molar-refractivity contribution >= 4 is 22.7 Å². The van der Waals surface area contributed by atoms with E-state index in [4.69, 9.17) is 4.74 Å². The zero-order chi connectivity index (χ0) is 19.0. The van der Waals surface area contributed by atoms with Gasteiger partial charge in [0.25, 0.3) is 0 Å². The Hall–Kier alpha value is -3.48. The number of nitrogens with zero attached hydrogens (tertiary/aromatic N) is 4. The number of para-hydroxylation sites is 2. The number of nitrogens with one attached hydrogen (secondary N) is 1. The molecule has 6 nitrogen and oxygen atoms in total. The highest BCUT2D eigenvalue weighted by molar-refractivity contribution is 5.88. The van der Waals surface area contributed by atoms with E-state index in [9.17, 15) is 4.39 Å². The summed E-state index contributed by atoms with van der Waals surface area (Å²) in [5.41, 5.74) is 3.63. The first-order valence-electron chi connectivity index (χ1n) is 8.42. The van der Waals surface area contributed by atoms with Gasteiger partial charge in [-0.3, -0.25) is 0 Å². The molecule has 2 heterocycles. The van der Waals surface area contributed by atoms with Gasteiger partial charge >= 0.3 is 0 Å². The molecule has 136 valence electrons. The predicted molar refractivity (Wildman–Crippen MR) is 103 cm³/mol. The van der Waals surface area contributed by atoms with Gasteiger partial charge in [0.1, 0.15) is 11.6 Å². The standard InChI is InChI=1S/C20H18FN5O/c1-12-10-13(21)8-9-14(12)18-24-19(17-20(25-18)26(2)11-22-17)23-15-6-4-5-7-16(15)27-3/h4-11H,1-3H3,(H,23,24,25). The Labute approximate surface area is 155 Å². The Morgan fingerprint density at radius 1 is 1.11 bits per heavy atom. The van der Waals surface area contributed by atoms with Gasteiger partial charge < -0.3 is 14.6 Å². The van der Waals surface area contributed by atoms with Crippen LogP contribution in [0.1, 0.15) is 5.56 Å². The first kappa shape index (κ1) is 17.0. The van der Waals surface area contributed by atoms with Crippen molar-refractivity contribution in [2.75, 3.05) is 12.4 Å². The molecule has 1 N–H and O–H groups in total. The zero-order valence-corrected chi connectivity index (χ0v) is 15.2. The number of hydrogen-bond donors (Lipinski definition) is 1. The second-order valence-corrected chi connectivity index (χ2v) is 6.21. The Balaban J connectivity index is 1.89. The maximum Gasteiger partial charge on any atom is 0.165 e. The summed E-state index contributed by atoms with van der Waals surface area (Å²) in [6, 6.07) is 12.1. The van der Waals surface area contributed by atoms with Crippen molar-refractivity contribution in [2.24, 2.45) is 7.05 Å². The molecule has 0 fully saturated rings. The van der Waals surface area contributed by atoms with Gasteiger partial charge in [0, 0.05) is 12.6 Å². The molecule has 2 aromatic carbocycles. The lowest BCUT2D eigenvalue weighted by molar-refractivity contribution is 0.417. The second kappa shape index (κ2) is 6.68. The predicted octanol–water partition coefficient (Wildman–Crippen LogP) is 4.23. The number of aromatic nitrogens is 4. The van der Waals surface area contributed by atoms with E-state index in [1.54, 1.807) is 19.5 Å². The lowest BCUT2D eigenvalue weighted by Gasteiger charge is -2.12. The van der Waals surface area contributed by atoms with Gasteiger partial charge in [-0.15, -0.1) is 0 Å². The average Bonchev–Trinajstić information content (AvgIpc) is 3.03. The highest BCUT2D eigenvalue weighted by Gasteiger charge is 2.16. The van der Waals surface area contributed by atoms with Gasteiger partial charge in [-0.1, -0.05) is 12.1 Å². The van der Waals surface area contributed by atoms with Crippen LogP contribution in [0.25, 0.3) is 22.6 Å². The minimum Gasteiger partial charge on any atom is -0.495 e. The molecule has 27 heavy (non-hydrogen) atoms. The number of halogens is 1. The van der Waals surface area contributed by atoms with E-state index in [0.29, 0.717) is 28.6 Å². The third-order valence-corrected chi connectivity index (χ3v) is 4.35. The van der Waals surface area contributed by atoms with Gasteiger partial charge in [-0.25, -0.2) is 19.3 Å². The average molecular weight is 363 g/mol. The first-order chi connectivity index (χ1) is 13.1. The quantitative estimate of drug-likeness (QED) is 0.588. The lowest BCUT2D eigenvalue weighted by atomic mass is 10.1. The Morgan fingerprint density at radius 3 is 2.70 bits per heavy atom. The number of imidazole rings is 1. The zero-order valence-electron chi connectivity index (χ0n) is 15.2. The van der Waals surface area contributed by atoms with Gasteiger partial charge in [0.2, 0.25) is 0 Å². The van der Waals surface area contributed by atoms with E-state index < -0.39 is 0 Å². The van der Waals surface area contributed by atoms with Gasteiger partial charge in [-0.2, -0.15) is 0 Å². The van der Waals surface area contributed by atoms with Crippen molar-refractivity contribution in [1.82, 2.24) is 19.5 Å². The fourth-order valence-electron chi connectivity index (χ4n) is 2.97. The number of methoxy groups -OCH3 is 1. The molecule has 0 unspecified atom stereocenters. The normalized spacial score (nSPS) is 11.0. The minimum atomic E-state index is -0.287. The van der Waals surface area contributed by atoms with Gasteiger partial charge in [0.15, 0.2) is 22.8 Å². The van der Waals surface area contributed by atoms with Crippen LogP contribution in [0.4, 0.5) is 15.9 Å². The highest BCUT2D eigenvalue weighted by Crippen LogP contribution is 2.31. The van der Waals surface area contributed by atoms with Crippen molar-refractivity contribution in [3.63, 3.8) is 0 Å². The summed E-state index contributed by atoms with van der Waals surface area (Å²) in [6.45, 7) is 1.84. The van der Waals surface area contributed by atoms with E-state index >= 15 is 0 Å². The smallest absolute Gasteiger partial charge is 0.165 e. The summed E-state index contributed by atoms with van der Waals surface area (Å²) in [7, 11) is 3.49. The molecule has 0 bridgehead atoms. The van der Waals surface area contributed by atoms with Crippen molar-refractivity contribution in [3.8, 4) is 17.1 Å². The van der Waals surface area contributed by atoms with Gasteiger partial charge in [-0.05, 0) is 42.8 Å². The van der Waals surface area contributed by atoms with E-state index in [1.165, 1.54) is 12.1 Å². The van der Waals surface area contributed by atoms with Crippen LogP contribution in [0.3, 0.4) is 0 Å². The minimum absolute atomic E-state index is 0.287. The van der Waals surface area contributed by atoms with E-state index in [0.717, 1.165) is 16.8 Å². The monoisotopic (exact) mass is 363 g/mol. The van der Waals surface area contributed by atoms with Crippen molar-refractivity contribution in [1.29, 1.82) is 0 Å². The van der Waals surface area contributed by atoms with Crippen LogP contribution < -0.4 is 10.1 Å². The fraction of sp³-hybridized carbons (Fsp3) is 0.150. The maximum atomic E-state index is 13.5. The largest absolute Gasteiger partial charge is 0.495 e. The Morgan fingerprint density at radius 2 is 1.93 bits per heavy atom. The number of anilines is 2. The SMILES string of the molecule is COc1ccccc1Nc1nc(-c2ccc(F)cc2C)nc2c1ncn2C. The second-order valence-electron chi connectivity index (χ2n) is 6.21. The summed E-state index contributed by atoms with van der Waals surface area (Å²) in [5.74, 6) is 1.47. The van der Waals surface area contributed by atoms with Crippen LogP contribution in [-0.2, 0) is 7.05 Å². The van der Waals surface area contributed by atoms with Crippen LogP contribution in [-0.4, -0.2) is 26.6 Å². The Bertz CT molecular complexity index is 1140. The molecule has 0 amide bonds. The molecular formula is C20H18FN5O. The number of hydrogen-bond acceptors (Lipinski definition) is 5. The van der Waals surface area contributed by atoms with Gasteiger partial charge in [0.05, 0.1) is 19.1 Å². The van der Waals surface area contributed by atoms with Crippen molar-refractivity contribution < 1.29 is 9.13 Å². The topological polar surface area (TPSA) is 64.9 Å². The van der Waals surface area contributed by atoms with E-state index in [2.05, 4.69) is 20.3 Å². The van der Waals surface area contributed by atoms with Crippen molar-refractivity contribution in [3.05, 3.63) is 60.2 Å². The van der Waals surface area contributed by atoms with Crippen LogP contribution >= 0.6 is 0 Å². The number of fused-ring (bicyclic) bond motifs is 1. The van der Waals surface area contributed by atoms with Crippen LogP contribution in [0.5, 0.6) is 5.75 Å². The summed E-state index contributed by atoms with van der Waals surface area (Å²) < 4.78 is 20.7. The molecule has 0 aliphatic heterocycles. The van der Waals surface area contributed by atoms with E-state index in [-0.39, 0.29) is 5.82 Å². The molecule has 0 aliphatic carbocycles. The molecule has 0 atom stereocenters. The highest BCUT2D eigenvalue weighted by atomic mass is 19.1. The van der Waals surface area contributed by atoms with Crippen LogP contribution in [0, 0.1) is 12.7 Å². The molecule has 0 aliphatic rings. The number of ether oxygens (including phenoxy) is 1. The fourth-order valence-corrected chi connectivity index (χ4v) is 2.97. The van der Waals surface area contributed by atoms with Crippen molar-refractivity contribution in [2.45, 2.75) is 6.92 Å². The number of aryl methyl sites for hydroxylation is 2. The maximum absolute atomic E-state index is 13.5. The lowest BCUT2D eigenvalue weighted by Crippen LogP contribution is -2.02. The Kier molecular flexibility index (Phi) is 4.19. The molecule has 0 saturated heterocycles. The number of benzene rings is 2. The van der Waals surface area contributed by atoms with E-state index in [1.807, 2.05) is 42.8 Å². The summed E-state index contributed by atoms with van der Waals surface area (Å²) >= 11 is 0. The third-order valence-electron chi connectivity index (χ3n) is 4.35. The van der Waals surface area contributed by atoms with Crippen LogP contribution in [0.15, 0.2) is 48.8 Å². The first-order valence-corrected chi connectivity index (χ1v) is 8.42. The molecule has 0 radical (unpaired) electrons. The number of rotatable bonds is 4.